The van der Waals surface area contributed by atoms with Gasteiger partial charge in [-0.2, -0.15) is 11.8 Å². The third-order valence-electron chi connectivity index (χ3n) is 3.90. The van der Waals surface area contributed by atoms with Gasteiger partial charge in [-0.1, -0.05) is 34.6 Å². The topological polar surface area (TPSA) is 12.0 Å². The van der Waals surface area contributed by atoms with E-state index < -0.39 is 0 Å². The molecule has 1 saturated heterocycles. The lowest BCUT2D eigenvalue weighted by molar-refractivity contribution is 0.214. The highest BCUT2D eigenvalue weighted by atomic mass is 32.2. The van der Waals surface area contributed by atoms with Crippen LogP contribution in [0.3, 0.4) is 0 Å². The Morgan fingerprint density at radius 1 is 1.40 bits per heavy atom. The molecule has 0 bridgehead atoms. The van der Waals surface area contributed by atoms with Gasteiger partial charge >= 0.3 is 0 Å². The molecule has 0 aliphatic carbocycles. The van der Waals surface area contributed by atoms with Crippen LogP contribution in [0.2, 0.25) is 0 Å². The van der Waals surface area contributed by atoms with Crippen LogP contribution < -0.4 is 5.32 Å². The van der Waals surface area contributed by atoms with Crippen molar-refractivity contribution in [3.63, 3.8) is 0 Å². The first-order valence-electron chi connectivity index (χ1n) is 6.18. The van der Waals surface area contributed by atoms with Crippen molar-refractivity contribution in [1.29, 1.82) is 0 Å². The van der Waals surface area contributed by atoms with E-state index in [-0.39, 0.29) is 0 Å². The zero-order valence-corrected chi connectivity index (χ0v) is 11.8. The van der Waals surface area contributed by atoms with Crippen molar-refractivity contribution in [3.8, 4) is 0 Å². The Morgan fingerprint density at radius 3 is 2.60 bits per heavy atom. The molecule has 2 heteroatoms. The molecule has 0 aromatic heterocycles. The van der Waals surface area contributed by atoms with Gasteiger partial charge in [-0.3, -0.25) is 0 Å². The summed E-state index contributed by atoms with van der Waals surface area (Å²) < 4.78 is 0. The highest BCUT2D eigenvalue weighted by molar-refractivity contribution is 7.99. The standard InChI is InChI=1S/C13H27NS/c1-6-12(2,3)10-14-11-9-15-8-7-13(11,4)5/h11,14H,6-10H2,1-5H3. The molecule has 1 aliphatic heterocycles. The number of thioether (sulfide) groups is 1. The van der Waals surface area contributed by atoms with Gasteiger partial charge in [0.05, 0.1) is 0 Å². The van der Waals surface area contributed by atoms with Gasteiger partial charge in [0.1, 0.15) is 0 Å². The third-order valence-corrected chi connectivity index (χ3v) is 4.96. The van der Waals surface area contributed by atoms with Crippen LogP contribution in [0.4, 0.5) is 0 Å². The molecule has 90 valence electrons. The van der Waals surface area contributed by atoms with E-state index in [9.17, 15) is 0 Å². The molecule has 0 spiro atoms. The summed E-state index contributed by atoms with van der Waals surface area (Å²) >= 11 is 2.10. The van der Waals surface area contributed by atoms with E-state index in [1.807, 2.05) is 0 Å². The van der Waals surface area contributed by atoms with Crippen LogP contribution in [0, 0.1) is 10.8 Å². The van der Waals surface area contributed by atoms with E-state index in [0.717, 1.165) is 6.54 Å². The summed E-state index contributed by atoms with van der Waals surface area (Å²) in [7, 11) is 0. The molecule has 15 heavy (non-hydrogen) atoms. The van der Waals surface area contributed by atoms with Crippen molar-refractivity contribution in [2.24, 2.45) is 10.8 Å². The Labute approximate surface area is 99.8 Å². The molecule has 0 aromatic carbocycles. The summed E-state index contributed by atoms with van der Waals surface area (Å²) in [6.07, 6.45) is 2.60. The largest absolute Gasteiger partial charge is 0.312 e. The van der Waals surface area contributed by atoms with Crippen molar-refractivity contribution >= 4 is 11.8 Å². The first-order chi connectivity index (χ1) is 6.87. The van der Waals surface area contributed by atoms with Crippen LogP contribution in [0.15, 0.2) is 0 Å². The minimum Gasteiger partial charge on any atom is -0.312 e. The Bertz CT molecular complexity index is 199. The second kappa shape index (κ2) is 5.09. The first kappa shape index (κ1) is 13.4. The average Bonchev–Trinajstić information content (AvgIpc) is 2.16. The predicted octanol–water partition coefficient (Wildman–Crippen LogP) is 3.54. The summed E-state index contributed by atoms with van der Waals surface area (Å²) in [6.45, 7) is 12.9. The van der Waals surface area contributed by atoms with Gasteiger partial charge < -0.3 is 5.32 Å². The van der Waals surface area contributed by atoms with E-state index in [1.54, 1.807) is 0 Å². The quantitative estimate of drug-likeness (QED) is 0.791. The van der Waals surface area contributed by atoms with E-state index in [2.05, 4.69) is 51.7 Å². The minimum atomic E-state index is 0.443. The minimum absolute atomic E-state index is 0.443. The van der Waals surface area contributed by atoms with Crippen molar-refractivity contribution in [3.05, 3.63) is 0 Å². The van der Waals surface area contributed by atoms with Gasteiger partial charge in [0.2, 0.25) is 0 Å². The first-order valence-corrected chi connectivity index (χ1v) is 7.34. The fourth-order valence-corrected chi connectivity index (χ4v) is 3.44. The Hall–Kier alpha value is 0.310. The number of hydrogen-bond donors (Lipinski definition) is 1. The molecule has 1 atom stereocenters. The maximum Gasteiger partial charge on any atom is 0.0209 e. The Balaban J connectivity index is 2.43. The van der Waals surface area contributed by atoms with Crippen LogP contribution in [0.1, 0.15) is 47.5 Å². The smallest absolute Gasteiger partial charge is 0.0209 e. The summed E-state index contributed by atoms with van der Waals surface area (Å²) in [5, 5.41) is 3.78. The number of hydrogen-bond acceptors (Lipinski definition) is 2. The van der Waals surface area contributed by atoms with Gasteiger partial charge in [0, 0.05) is 18.3 Å². The fourth-order valence-electron chi connectivity index (χ4n) is 1.80. The van der Waals surface area contributed by atoms with Crippen LogP contribution in [0.25, 0.3) is 0 Å². The van der Waals surface area contributed by atoms with E-state index >= 15 is 0 Å². The van der Waals surface area contributed by atoms with Gasteiger partial charge in [-0.15, -0.1) is 0 Å². The number of rotatable bonds is 4. The molecule has 0 radical (unpaired) electrons. The molecule has 0 saturated carbocycles. The average molecular weight is 229 g/mol. The van der Waals surface area contributed by atoms with Crippen molar-refractivity contribution in [1.82, 2.24) is 5.32 Å². The maximum absolute atomic E-state index is 3.78. The molecule has 1 nitrogen and oxygen atoms in total. The van der Waals surface area contributed by atoms with Gasteiger partial charge in [-0.05, 0) is 29.4 Å². The third kappa shape index (κ3) is 3.99. The maximum atomic E-state index is 3.78. The lowest BCUT2D eigenvalue weighted by Crippen LogP contribution is -2.49. The summed E-state index contributed by atoms with van der Waals surface area (Å²) in [5.41, 5.74) is 0.924. The molecule has 0 aromatic rings. The monoisotopic (exact) mass is 229 g/mol. The zero-order valence-electron chi connectivity index (χ0n) is 11.0. The lowest BCUT2D eigenvalue weighted by atomic mass is 9.81. The molecular weight excluding hydrogens is 202 g/mol. The zero-order chi connectivity index (χ0) is 11.5. The lowest BCUT2D eigenvalue weighted by Gasteiger charge is -2.40. The SMILES string of the molecule is CCC(C)(C)CNC1CSCCC1(C)C. The molecule has 1 rings (SSSR count). The van der Waals surface area contributed by atoms with Gasteiger partial charge in [0.25, 0.3) is 0 Å². The van der Waals surface area contributed by atoms with E-state index in [1.165, 1.54) is 24.3 Å². The predicted molar refractivity (Wildman–Crippen MR) is 71.6 cm³/mol. The van der Waals surface area contributed by atoms with Crippen LogP contribution in [0.5, 0.6) is 0 Å². The molecule has 1 aliphatic rings. The summed E-state index contributed by atoms with van der Waals surface area (Å²) in [4.78, 5) is 0. The Morgan fingerprint density at radius 2 is 2.07 bits per heavy atom. The molecule has 1 fully saturated rings. The molecule has 1 N–H and O–H groups in total. The van der Waals surface area contributed by atoms with E-state index in [0.29, 0.717) is 16.9 Å². The van der Waals surface area contributed by atoms with Crippen LogP contribution >= 0.6 is 11.8 Å². The Kier molecular flexibility index (Phi) is 4.54. The summed E-state index contributed by atoms with van der Waals surface area (Å²) in [5.74, 6) is 2.62. The molecular formula is C13H27NS. The van der Waals surface area contributed by atoms with Crippen LogP contribution in [-0.2, 0) is 0 Å². The second-order valence-electron chi connectivity index (χ2n) is 6.26. The summed E-state index contributed by atoms with van der Waals surface area (Å²) in [6, 6.07) is 0.696. The highest BCUT2D eigenvalue weighted by Crippen LogP contribution is 2.34. The highest BCUT2D eigenvalue weighted by Gasteiger charge is 2.33. The van der Waals surface area contributed by atoms with Crippen molar-refractivity contribution in [2.45, 2.75) is 53.5 Å². The van der Waals surface area contributed by atoms with Crippen molar-refractivity contribution in [2.75, 3.05) is 18.1 Å². The van der Waals surface area contributed by atoms with E-state index in [4.69, 9.17) is 0 Å². The molecule has 1 unspecified atom stereocenters. The van der Waals surface area contributed by atoms with Gasteiger partial charge in [-0.25, -0.2) is 0 Å². The number of nitrogens with one attached hydrogen (secondary N) is 1. The normalized spacial score (nSPS) is 26.6. The second-order valence-corrected chi connectivity index (χ2v) is 7.41. The molecule has 1 heterocycles. The fraction of sp³-hybridized carbons (Fsp3) is 1.00. The van der Waals surface area contributed by atoms with Gasteiger partial charge in [0.15, 0.2) is 0 Å². The molecule has 0 amide bonds. The van der Waals surface area contributed by atoms with Crippen LogP contribution in [-0.4, -0.2) is 24.1 Å². The van der Waals surface area contributed by atoms with Crippen molar-refractivity contribution < 1.29 is 0 Å².